The molecule has 0 atom stereocenters. The van der Waals surface area contributed by atoms with Crippen molar-refractivity contribution < 1.29 is 9.59 Å². The maximum Gasteiger partial charge on any atom is 0.254 e. The Bertz CT molecular complexity index is 1210. The van der Waals surface area contributed by atoms with E-state index in [1.807, 2.05) is 37.3 Å². The number of benzene rings is 2. The van der Waals surface area contributed by atoms with Gasteiger partial charge in [-0.2, -0.15) is 5.10 Å². The Hall–Kier alpha value is -2.93. The van der Waals surface area contributed by atoms with E-state index in [9.17, 15) is 9.59 Å². The van der Waals surface area contributed by atoms with Crippen LogP contribution in [-0.2, 0) is 10.2 Å². The fraction of sp³-hybridized carbons (Fsp3) is 0.414. The molecule has 0 fully saturated rings. The molecule has 0 aliphatic heterocycles. The summed E-state index contributed by atoms with van der Waals surface area (Å²) in [7, 11) is 0. The number of aromatic nitrogens is 2. The summed E-state index contributed by atoms with van der Waals surface area (Å²) >= 11 is 3.41. The number of amides is 2. The number of hydrogen-bond acceptors (Lipinski definition) is 3. The molecular formula is C29H37BrN4O2. The lowest BCUT2D eigenvalue weighted by atomic mass is 9.92. The molecule has 36 heavy (non-hydrogen) atoms. The smallest absolute Gasteiger partial charge is 0.254 e. The van der Waals surface area contributed by atoms with Gasteiger partial charge in [-0.1, -0.05) is 74.2 Å². The van der Waals surface area contributed by atoms with Crippen molar-refractivity contribution in [3.05, 3.63) is 75.4 Å². The number of nitrogens with one attached hydrogen (secondary N) is 1. The molecule has 6 nitrogen and oxygen atoms in total. The van der Waals surface area contributed by atoms with Crippen LogP contribution in [0.15, 0.2) is 53.0 Å². The fourth-order valence-electron chi connectivity index (χ4n) is 4.00. The fourth-order valence-corrected chi connectivity index (χ4v) is 4.26. The molecule has 0 aliphatic rings. The third-order valence-corrected chi connectivity index (χ3v) is 6.60. The van der Waals surface area contributed by atoms with E-state index in [0.29, 0.717) is 17.9 Å². The van der Waals surface area contributed by atoms with Gasteiger partial charge in [-0.25, -0.2) is 4.68 Å². The molecule has 3 rings (SSSR count). The number of rotatable bonds is 9. The normalized spacial score (nSPS) is 11.4. The van der Waals surface area contributed by atoms with Gasteiger partial charge in [0.1, 0.15) is 12.4 Å². The minimum Gasteiger partial charge on any atom is -0.329 e. The van der Waals surface area contributed by atoms with Crippen LogP contribution >= 0.6 is 15.9 Å². The number of carbonyl (C=O) groups excluding carboxylic acids is 2. The van der Waals surface area contributed by atoms with E-state index in [0.717, 1.165) is 40.7 Å². The lowest BCUT2D eigenvalue weighted by Gasteiger charge is -2.22. The first-order valence-electron chi connectivity index (χ1n) is 12.5. The molecule has 1 heterocycles. The quantitative estimate of drug-likeness (QED) is 0.296. The minimum absolute atomic E-state index is 0.0263. The highest BCUT2D eigenvalue weighted by atomic mass is 79.9. The zero-order chi connectivity index (χ0) is 26.5. The van der Waals surface area contributed by atoms with E-state index >= 15 is 0 Å². The van der Waals surface area contributed by atoms with Crippen molar-refractivity contribution in [1.82, 2.24) is 14.7 Å². The first-order valence-corrected chi connectivity index (χ1v) is 13.3. The van der Waals surface area contributed by atoms with Crippen molar-refractivity contribution in [1.29, 1.82) is 0 Å². The number of halogens is 1. The van der Waals surface area contributed by atoms with Gasteiger partial charge in [-0.05, 0) is 56.2 Å². The first-order chi connectivity index (χ1) is 17.0. The topological polar surface area (TPSA) is 67.2 Å². The van der Waals surface area contributed by atoms with Crippen LogP contribution < -0.4 is 5.32 Å². The molecule has 0 bridgehead atoms. The molecule has 7 heteroatoms. The highest BCUT2D eigenvalue weighted by molar-refractivity contribution is 9.10. The summed E-state index contributed by atoms with van der Waals surface area (Å²) in [6, 6.07) is 15.3. The van der Waals surface area contributed by atoms with Crippen LogP contribution in [0.3, 0.4) is 0 Å². The van der Waals surface area contributed by atoms with Crippen LogP contribution in [0.4, 0.5) is 5.82 Å². The number of hydrogen-bond donors (Lipinski definition) is 1. The molecule has 1 N–H and O–H groups in total. The van der Waals surface area contributed by atoms with E-state index < -0.39 is 0 Å². The molecule has 2 aromatic carbocycles. The highest BCUT2D eigenvalue weighted by Crippen LogP contribution is 2.28. The largest absolute Gasteiger partial charge is 0.329 e. The number of unbranched alkanes of at least 4 members (excludes halogenated alkanes) is 2. The van der Waals surface area contributed by atoms with Crippen molar-refractivity contribution in [2.24, 2.45) is 0 Å². The summed E-state index contributed by atoms with van der Waals surface area (Å²) in [5.74, 6) is 0.205. The predicted molar refractivity (Wildman–Crippen MR) is 150 cm³/mol. The Morgan fingerprint density at radius 3 is 2.33 bits per heavy atom. The van der Waals surface area contributed by atoms with Gasteiger partial charge in [-0.15, -0.1) is 0 Å². The Balaban J connectivity index is 1.87. The summed E-state index contributed by atoms with van der Waals surface area (Å²) < 4.78 is 2.70. The second-order valence-corrected chi connectivity index (χ2v) is 11.3. The Kier molecular flexibility index (Phi) is 9.12. The molecule has 3 aromatic rings. The summed E-state index contributed by atoms with van der Waals surface area (Å²) in [4.78, 5) is 28.2. The van der Waals surface area contributed by atoms with Gasteiger partial charge >= 0.3 is 0 Å². The Morgan fingerprint density at radius 1 is 1.03 bits per heavy atom. The molecule has 192 valence electrons. The third-order valence-electron chi connectivity index (χ3n) is 6.07. The maximum absolute atomic E-state index is 13.3. The molecule has 0 radical (unpaired) electrons. The average molecular weight is 554 g/mol. The molecule has 2 amide bonds. The van der Waals surface area contributed by atoms with Gasteiger partial charge in [0.05, 0.1) is 11.4 Å². The summed E-state index contributed by atoms with van der Waals surface area (Å²) in [6.07, 6.45) is 2.89. The van der Waals surface area contributed by atoms with Crippen molar-refractivity contribution >= 4 is 33.6 Å². The molecular weight excluding hydrogens is 516 g/mol. The maximum atomic E-state index is 13.3. The van der Waals surface area contributed by atoms with Gasteiger partial charge < -0.3 is 10.2 Å². The van der Waals surface area contributed by atoms with Crippen molar-refractivity contribution in [3.8, 4) is 5.69 Å². The lowest BCUT2D eigenvalue weighted by molar-refractivity contribution is -0.117. The van der Waals surface area contributed by atoms with Crippen LogP contribution in [0, 0.1) is 13.8 Å². The van der Waals surface area contributed by atoms with E-state index in [2.05, 4.69) is 61.9 Å². The SMILES string of the molecule is CCCCCN(CC(=O)Nc1cc(C(C)(C)C)nn1-c1ccc(C)cc1C)C(=O)c1ccc(Br)cc1. The zero-order valence-electron chi connectivity index (χ0n) is 22.2. The average Bonchev–Trinajstić information content (AvgIpc) is 3.22. The van der Waals surface area contributed by atoms with Gasteiger partial charge in [-0.3, -0.25) is 9.59 Å². The van der Waals surface area contributed by atoms with Gasteiger partial charge in [0.2, 0.25) is 5.91 Å². The zero-order valence-corrected chi connectivity index (χ0v) is 23.8. The van der Waals surface area contributed by atoms with Crippen LogP contribution in [0.25, 0.3) is 5.69 Å². The molecule has 0 unspecified atom stereocenters. The second kappa shape index (κ2) is 11.9. The second-order valence-electron chi connectivity index (χ2n) is 10.4. The summed E-state index contributed by atoms with van der Waals surface area (Å²) in [5.41, 5.74) is 4.41. The van der Waals surface area contributed by atoms with E-state index in [4.69, 9.17) is 5.10 Å². The summed E-state index contributed by atoms with van der Waals surface area (Å²) in [6.45, 7) is 13.0. The standard InChI is InChI=1S/C29H37BrN4O2/c1-7-8-9-16-33(28(36)22-11-13-23(30)14-12-22)19-27(35)31-26-18-25(29(4,5)6)32-34(26)24-15-10-20(2)17-21(24)3/h10-15,17-18H,7-9,16,19H2,1-6H3,(H,31,35). The minimum atomic E-state index is -0.247. The molecule has 0 spiro atoms. The first kappa shape index (κ1) is 27.7. The number of carbonyl (C=O) groups is 2. The molecule has 0 saturated carbocycles. The van der Waals surface area contributed by atoms with Gasteiger partial charge in [0.25, 0.3) is 5.91 Å². The predicted octanol–water partition coefficient (Wildman–Crippen LogP) is 6.82. The number of aryl methyl sites for hydroxylation is 2. The number of nitrogens with zero attached hydrogens (tertiary/aromatic N) is 3. The van der Waals surface area contributed by atoms with Crippen LogP contribution in [0.2, 0.25) is 0 Å². The van der Waals surface area contributed by atoms with E-state index in [1.54, 1.807) is 21.7 Å². The van der Waals surface area contributed by atoms with Crippen molar-refractivity contribution in [3.63, 3.8) is 0 Å². The van der Waals surface area contributed by atoms with E-state index in [1.165, 1.54) is 5.56 Å². The van der Waals surface area contributed by atoms with Crippen LogP contribution in [-0.4, -0.2) is 39.6 Å². The Labute approximate surface area is 223 Å². The third kappa shape index (κ3) is 7.06. The molecule has 0 saturated heterocycles. The van der Waals surface area contributed by atoms with Crippen LogP contribution in [0.5, 0.6) is 0 Å². The molecule has 0 aliphatic carbocycles. The monoisotopic (exact) mass is 552 g/mol. The lowest BCUT2D eigenvalue weighted by Crippen LogP contribution is -2.39. The van der Waals surface area contributed by atoms with Crippen LogP contribution in [0.1, 0.15) is 74.1 Å². The molecule has 1 aromatic heterocycles. The summed E-state index contributed by atoms with van der Waals surface area (Å²) in [5, 5.41) is 7.88. The van der Waals surface area contributed by atoms with Crippen molar-refractivity contribution in [2.45, 2.75) is 66.2 Å². The van der Waals surface area contributed by atoms with E-state index in [-0.39, 0.29) is 23.8 Å². The van der Waals surface area contributed by atoms with Crippen molar-refractivity contribution in [2.75, 3.05) is 18.4 Å². The Morgan fingerprint density at radius 2 is 1.72 bits per heavy atom. The number of anilines is 1. The van der Waals surface area contributed by atoms with Gasteiger partial charge in [0, 0.05) is 28.1 Å². The highest BCUT2D eigenvalue weighted by Gasteiger charge is 2.24. The van der Waals surface area contributed by atoms with Gasteiger partial charge in [0.15, 0.2) is 0 Å².